The molecule has 4 rings (SSSR count). The Morgan fingerprint density at radius 1 is 0.950 bits per heavy atom. The average molecular weight is 636 g/mol. The zero-order chi connectivity index (χ0) is 28.9. The van der Waals surface area contributed by atoms with Crippen LogP contribution in [0.2, 0.25) is 0 Å². The number of nitrogens with zero attached hydrogens (tertiary/aromatic N) is 2. The van der Waals surface area contributed by atoms with Crippen LogP contribution in [0.3, 0.4) is 0 Å². The number of benzene rings is 3. The third-order valence-electron chi connectivity index (χ3n) is 5.77. The highest BCUT2D eigenvalue weighted by molar-refractivity contribution is 9.10. The van der Waals surface area contributed by atoms with Crippen LogP contribution >= 0.6 is 15.9 Å². The van der Waals surface area contributed by atoms with Gasteiger partial charge < -0.3 is 28.4 Å². The Bertz CT molecular complexity index is 1550. The Labute approximate surface area is 239 Å². The molecule has 0 atom stereocenters. The van der Waals surface area contributed by atoms with Crippen molar-refractivity contribution in [2.75, 3.05) is 46.1 Å². The molecule has 0 fully saturated rings. The van der Waals surface area contributed by atoms with Crippen molar-refractivity contribution in [3.05, 3.63) is 58.6 Å². The molecule has 40 heavy (non-hydrogen) atoms. The summed E-state index contributed by atoms with van der Waals surface area (Å²) >= 11 is 3.42. The van der Waals surface area contributed by atoms with Crippen LogP contribution in [0.5, 0.6) is 34.5 Å². The van der Waals surface area contributed by atoms with Crippen LogP contribution in [0.15, 0.2) is 63.0 Å². The van der Waals surface area contributed by atoms with Crippen molar-refractivity contribution < 1.29 is 41.6 Å². The number of hydrogen-bond donors (Lipinski definition) is 1. The van der Waals surface area contributed by atoms with Crippen molar-refractivity contribution in [1.29, 1.82) is 0 Å². The molecule has 212 valence electrons. The number of amides is 1. The van der Waals surface area contributed by atoms with E-state index in [9.17, 15) is 13.2 Å². The summed E-state index contributed by atoms with van der Waals surface area (Å²) in [6, 6.07) is 12.1. The molecule has 0 spiro atoms. The second kappa shape index (κ2) is 12.3. The van der Waals surface area contributed by atoms with Crippen molar-refractivity contribution in [1.82, 2.24) is 5.43 Å². The smallest absolute Gasteiger partial charge is 0.265 e. The first-order valence-corrected chi connectivity index (χ1v) is 13.8. The molecule has 3 aromatic rings. The van der Waals surface area contributed by atoms with Crippen LogP contribution in [0.1, 0.15) is 5.56 Å². The van der Waals surface area contributed by atoms with Gasteiger partial charge in [0, 0.05) is 22.2 Å². The van der Waals surface area contributed by atoms with Crippen LogP contribution in [-0.2, 0) is 14.8 Å². The van der Waals surface area contributed by atoms with Crippen LogP contribution < -0.4 is 38.2 Å². The molecule has 12 nitrogen and oxygen atoms in total. The fourth-order valence-electron chi connectivity index (χ4n) is 3.77. The van der Waals surface area contributed by atoms with Gasteiger partial charge in [0.2, 0.25) is 6.79 Å². The summed E-state index contributed by atoms with van der Waals surface area (Å²) < 4.78 is 61.3. The average Bonchev–Trinajstić information content (AvgIpc) is 3.42. The van der Waals surface area contributed by atoms with Gasteiger partial charge in [-0.05, 0) is 52.3 Å². The fraction of sp³-hybridized carbons (Fsp3) is 0.231. The number of nitrogens with one attached hydrogen (secondary N) is 1. The molecule has 14 heteroatoms. The topological polar surface area (TPSA) is 134 Å². The van der Waals surface area contributed by atoms with Crippen molar-refractivity contribution in [3.8, 4) is 34.5 Å². The minimum atomic E-state index is -4.34. The predicted octanol–water partition coefficient (Wildman–Crippen LogP) is 3.56. The number of hydrogen-bond acceptors (Lipinski definition) is 10. The number of fused-ring (bicyclic) bond motifs is 1. The number of rotatable bonds is 11. The number of methoxy groups -OCH3 is 4. The number of carbonyl (C=O) groups is 1. The maximum Gasteiger partial charge on any atom is 0.265 e. The summed E-state index contributed by atoms with van der Waals surface area (Å²) in [4.78, 5) is 12.9. The minimum Gasteiger partial charge on any atom is -0.497 e. The molecule has 1 amide bonds. The van der Waals surface area contributed by atoms with E-state index in [0.29, 0.717) is 33.0 Å². The lowest BCUT2D eigenvalue weighted by Crippen LogP contribution is -2.39. The normalized spacial score (nSPS) is 12.2. The minimum absolute atomic E-state index is 0.0780. The van der Waals surface area contributed by atoms with Gasteiger partial charge in [-0.1, -0.05) is 0 Å². The zero-order valence-electron chi connectivity index (χ0n) is 22.0. The van der Waals surface area contributed by atoms with Gasteiger partial charge in [-0.25, -0.2) is 13.8 Å². The number of ether oxygens (including phenoxy) is 6. The number of halogens is 1. The predicted molar refractivity (Wildman–Crippen MR) is 150 cm³/mol. The first kappa shape index (κ1) is 28.8. The largest absolute Gasteiger partial charge is 0.497 e. The summed E-state index contributed by atoms with van der Waals surface area (Å²) in [5.41, 5.74) is 3.05. The number of anilines is 1. The highest BCUT2D eigenvalue weighted by Crippen LogP contribution is 2.38. The summed E-state index contributed by atoms with van der Waals surface area (Å²) in [5, 5.41) is 3.99. The van der Waals surface area contributed by atoms with Gasteiger partial charge >= 0.3 is 0 Å². The SMILES string of the molecule is COc1ccc(OC)c(N(CC(=O)N/N=C\c2cc3c(cc2Br)OCO3)S(=O)(=O)c2ccc(OC)c(OC)c2)c1. The van der Waals surface area contributed by atoms with Gasteiger partial charge in [0.1, 0.15) is 18.0 Å². The summed E-state index contributed by atoms with van der Waals surface area (Å²) in [6.45, 7) is -0.531. The fourth-order valence-corrected chi connectivity index (χ4v) is 5.63. The highest BCUT2D eigenvalue weighted by atomic mass is 79.9. The van der Waals surface area contributed by atoms with Crippen molar-refractivity contribution in [3.63, 3.8) is 0 Å². The summed E-state index contributed by atoms with van der Waals surface area (Å²) in [7, 11) is 1.31. The van der Waals surface area contributed by atoms with Crippen LogP contribution in [0, 0.1) is 0 Å². The second-order valence-corrected chi connectivity index (χ2v) is 10.8. The Balaban J connectivity index is 1.67. The molecule has 1 N–H and O–H groups in total. The van der Waals surface area contributed by atoms with E-state index in [1.807, 2.05) is 0 Å². The molecule has 0 saturated heterocycles. The highest BCUT2D eigenvalue weighted by Gasteiger charge is 2.31. The summed E-state index contributed by atoms with van der Waals surface area (Å²) in [5.74, 6) is 1.49. The van der Waals surface area contributed by atoms with Crippen molar-refractivity contribution in [2.24, 2.45) is 5.10 Å². The third-order valence-corrected chi connectivity index (χ3v) is 8.21. The second-order valence-electron chi connectivity index (χ2n) is 8.09. The maximum atomic E-state index is 13.9. The van der Waals surface area contributed by atoms with E-state index in [0.717, 1.165) is 4.31 Å². The van der Waals surface area contributed by atoms with Crippen molar-refractivity contribution >= 4 is 43.8 Å². The van der Waals surface area contributed by atoms with Gasteiger partial charge in [0.15, 0.2) is 23.0 Å². The van der Waals surface area contributed by atoms with Gasteiger partial charge in [-0.15, -0.1) is 0 Å². The van der Waals surface area contributed by atoms with E-state index in [4.69, 9.17) is 28.4 Å². The lowest BCUT2D eigenvalue weighted by molar-refractivity contribution is -0.119. The molecule has 0 saturated carbocycles. The molecule has 0 aliphatic carbocycles. The molecule has 0 unspecified atom stereocenters. The Hall–Kier alpha value is -4.17. The van der Waals surface area contributed by atoms with Gasteiger partial charge in [0.05, 0.1) is 45.2 Å². The third kappa shape index (κ3) is 6.02. The first-order chi connectivity index (χ1) is 19.2. The van der Waals surface area contributed by atoms with E-state index in [1.54, 1.807) is 24.3 Å². The molecular weight excluding hydrogens is 610 g/mol. The van der Waals surface area contributed by atoms with Crippen LogP contribution in [-0.4, -0.2) is 62.3 Å². The quantitative estimate of drug-likeness (QED) is 0.248. The molecule has 1 aliphatic rings. The van der Waals surface area contributed by atoms with Gasteiger partial charge in [0.25, 0.3) is 15.9 Å². The molecule has 0 aromatic heterocycles. The van der Waals surface area contributed by atoms with E-state index >= 15 is 0 Å². The molecule has 1 aliphatic heterocycles. The van der Waals surface area contributed by atoms with Gasteiger partial charge in [-0.2, -0.15) is 5.10 Å². The monoisotopic (exact) mass is 635 g/mol. The Kier molecular flexibility index (Phi) is 8.90. The van der Waals surface area contributed by atoms with Crippen LogP contribution in [0.4, 0.5) is 5.69 Å². The molecule has 1 heterocycles. The van der Waals surface area contributed by atoms with E-state index in [2.05, 4.69) is 26.5 Å². The molecule has 3 aromatic carbocycles. The standard InChI is InChI=1S/C26H26BrN3O9S/c1-34-17-5-7-21(35-2)20(10-17)30(40(32,33)18-6-8-22(36-3)23(11-18)37-4)14-26(31)29-28-13-16-9-24-25(12-19(16)27)39-15-38-24/h5-13H,14-15H2,1-4H3,(H,29,31)/b28-13-. The number of sulfonamides is 1. The van der Waals surface area contributed by atoms with E-state index in [-0.39, 0.29) is 28.9 Å². The lowest BCUT2D eigenvalue weighted by atomic mass is 10.2. The zero-order valence-corrected chi connectivity index (χ0v) is 24.4. The number of hydrazone groups is 1. The maximum absolute atomic E-state index is 13.9. The van der Waals surface area contributed by atoms with E-state index in [1.165, 1.54) is 58.9 Å². The first-order valence-electron chi connectivity index (χ1n) is 11.6. The Morgan fingerprint density at radius 2 is 1.62 bits per heavy atom. The molecule has 0 bridgehead atoms. The van der Waals surface area contributed by atoms with E-state index < -0.39 is 22.5 Å². The molecule has 0 radical (unpaired) electrons. The summed E-state index contributed by atoms with van der Waals surface area (Å²) in [6.07, 6.45) is 1.39. The lowest BCUT2D eigenvalue weighted by Gasteiger charge is -2.26. The number of carbonyl (C=O) groups excluding carboxylic acids is 1. The molecular formula is C26H26BrN3O9S. The van der Waals surface area contributed by atoms with Crippen LogP contribution in [0.25, 0.3) is 0 Å². The van der Waals surface area contributed by atoms with Gasteiger partial charge in [-0.3, -0.25) is 9.10 Å². The van der Waals surface area contributed by atoms with Crippen molar-refractivity contribution in [2.45, 2.75) is 4.90 Å². The Morgan fingerprint density at radius 3 is 2.30 bits per heavy atom.